The van der Waals surface area contributed by atoms with Gasteiger partial charge >= 0.3 is 0 Å². The highest BCUT2D eigenvalue weighted by atomic mass is 15.2. The van der Waals surface area contributed by atoms with E-state index < -0.39 is 0 Å². The third-order valence-corrected chi connectivity index (χ3v) is 6.27. The summed E-state index contributed by atoms with van der Waals surface area (Å²) < 4.78 is 0. The molecule has 2 fully saturated rings. The molecule has 5 nitrogen and oxygen atoms in total. The first-order chi connectivity index (χ1) is 12.8. The second-order valence-electron chi connectivity index (χ2n) is 7.87. The highest BCUT2D eigenvalue weighted by molar-refractivity contribution is 5.87. The number of aromatic amines is 1. The Labute approximate surface area is 154 Å². The smallest absolute Gasteiger partial charge is 0.142 e. The van der Waals surface area contributed by atoms with Gasteiger partial charge in [0.25, 0.3) is 0 Å². The van der Waals surface area contributed by atoms with Crippen molar-refractivity contribution in [1.29, 1.82) is 0 Å². The van der Waals surface area contributed by atoms with Crippen molar-refractivity contribution in [1.82, 2.24) is 19.9 Å². The molecule has 1 aliphatic carbocycles. The molecule has 2 aromatic heterocycles. The van der Waals surface area contributed by atoms with Crippen molar-refractivity contribution < 1.29 is 0 Å². The van der Waals surface area contributed by atoms with E-state index in [0.29, 0.717) is 6.04 Å². The third kappa shape index (κ3) is 2.76. The van der Waals surface area contributed by atoms with Gasteiger partial charge in [0.15, 0.2) is 0 Å². The molecule has 1 unspecified atom stereocenters. The van der Waals surface area contributed by atoms with Crippen molar-refractivity contribution in [3.63, 3.8) is 0 Å². The maximum Gasteiger partial charge on any atom is 0.142 e. The Morgan fingerprint density at radius 2 is 1.85 bits per heavy atom. The molecule has 0 radical (unpaired) electrons. The molecule has 0 bridgehead atoms. The van der Waals surface area contributed by atoms with E-state index in [1.165, 1.54) is 31.5 Å². The molecule has 1 aromatic carbocycles. The molecular formula is C21H25N5. The fourth-order valence-electron chi connectivity index (χ4n) is 4.96. The van der Waals surface area contributed by atoms with Crippen LogP contribution >= 0.6 is 0 Å². The van der Waals surface area contributed by atoms with Crippen molar-refractivity contribution in [3.05, 3.63) is 54.5 Å². The summed E-state index contributed by atoms with van der Waals surface area (Å²) in [5.74, 6) is 2.69. The summed E-state index contributed by atoms with van der Waals surface area (Å²) in [4.78, 5) is 17.1. The van der Waals surface area contributed by atoms with Crippen LogP contribution in [0.5, 0.6) is 0 Å². The van der Waals surface area contributed by atoms with Gasteiger partial charge in [0.1, 0.15) is 17.8 Å². The van der Waals surface area contributed by atoms with E-state index in [1.54, 1.807) is 6.33 Å². The fourth-order valence-corrected chi connectivity index (χ4v) is 4.96. The molecule has 0 spiro atoms. The van der Waals surface area contributed by atoms with Gasteiger partial charge in [-0.15, -0.1) is 0 Å². The highest BCUT2D eigenvalue weighted by Crippen LogP contribution is 2.41. The van der Waals surface area contributed by atoms with Gasteiger partial charge in [-0.1, -0.05) is 30.3 Å². The Morgan fingerprint density at radius 1 is 1.08 bits per heavy atom. The van der Waals surface area contributed by atoms with Crippen molar-refractivity contribution in [2.75, 3.05) is 25.0 Å². The zero-order valence-corrected chi connectivity index (χ0v) is 15.2. The lowest BCUT2D eigenvalue weighted by Gasteiger charge is -2.28. The normalized spacial score (nSPS) is 25.7. The summed E-state index contributed by atoms with van der Waals surface area (Å²) in [5.41, 5.74) is 2.35. The maximum absolute atomic E-state index is 4.57. The maximum atomic E-state index is 4.57. The summed E-state index contributed by atoms with van der Waals surface area (Å²) in [6.07, 6.45) is 6.15. The number of H-pyrrole nitrogens is 1. The van der Waals surface area contributed by atoms with Crippen molar-refractivity contribution in [3.8, 4) is 0 Å². The van der Waals surface area contributed by atoms with Crippen LogP contribution in [-0.2, 0) is 6.54 Å². The van der Waals surface area contributed by atoms with Crippen LogP contribution in [0.15, 0.2) is 48.9 Å². The lowest BCUT2D eigenvalue weighted by Crippen LogP contribution is -2.32. The minimum absolute atomic E-state index is 0.580. The summed E-state index contributed by atoms with van der Waals surface area (Å²) in [7, 11) is 2.20. The molecule has 5 rings (SSSR count). The van der Waals surface area contributed by atoms with Gasteiger partial charge in [-0.2, -0.15) is 0 Å². The summed E-state index contributed by atoms with van der Waals surface area (Å²) in [5, 5.41) is 1.12. The van der Waals surface area contributed by atoms with E-state index in [1.807, 2.05) is 6.20 Å². The summed E-state index contributed by atoms with van der Waals surface area (Å²) in [6, 6.07) is 13.5. The largest absolute Gasteiger partial charge is 0.356 e. The Morgan fingerprint density at radius 3 is 2.62 bits per heavy atom. The lowest BCUT2D eigenvalue weighted by molar-refractivity contribution is 0.298. The minimum Gasteiger partial charge on any atom is -0.356 e. The average molecular weight is 347 g/mol. The first-order valence-electron chi connectivity index (χ1n) is 9.55. The Hall–Kier alpha value is -2.40. The van der Waals surface area contributed by atoms with E-state index in [2.05, 4.69) is 68.2 Å². The number of benzene rings is 1. The highest BCUT2D eigenvalue weighted by Gasteiger charge is 2.42. The van der Waals surface area contributed by atoms with E-state index in [4.69, 9.17) is 0 Å². The molecule has 1 aliphatic heterocycles. The summed E-state index contributed by atoms with van der Waals surface area (Å²) in [6.45, 7) is 3.55. The zero-order valence-electron chi connectivity index (χ0n) is 15.2. The van der Waals surface area contributed by atoms with Crippen LogP contribution in [0.2, 0.25) is 0 Å². The van der Waals surface area contributed by atoms with Crippen LogP contribution in [-0.4, -0.2) is 46.0 Å². The van der Waals surface area contributed by atoms with Gasteiger partial charge in [0.05, 0.1) is 5.39 Å². The molecule has 3 aromatic rings. The predicted molar refractivity (Wildman–Crippen MR) is 104 cm³/mol. The summed E-state index contributed by atoms with van der Waals surface area (Å²) >= 11 is 0. The van der Waals surface area contributed by atoms with Crippen molar-refractivity contribution in [2.45, 2.75) is 25.4 Å². The van der Waals surface area contributed by atoms with Crippen LogP contribution in [0.25, 0.3) is 11.0 Å². The molecule has 2 aliphatic rings. The van der Waals surface area contributed by atoms with Gasteiger partial charge in [-0.05, 0) is 36.3 Å². The second-order valence-corrected chi connectivity index (χ2v) is 7.87. The molecule has 3 heterocycles. The molecule has 5 heteroatoms. The number of likely N-dealkylation sites (tertiary alicyclic amines) is 1. The van der Waals surface area contributed by atoms with Gasteiger partial charge in [0, 0.05) is 38.9 Å². The van der Waals surface area contributed by atoms with Gasteiger partial charge in [-0.3, -0.25) is 4.90 Å². The monoisotopic (exact) mass is 347 g/mol. The molecule has 0 amide bonds. The predicted octanol–water partition coefficient (Wildman–Crippen LogP) is 3.30. The molecule has 1 saturated heterocycles. The second kappa shape index (κ2) is 6.40. The van der Waals surface area contributed by atoms with Gasteiger partial charge < -0.3 is 9.88 Å². The van der Waals surface area contributed by atoms with E-state index in [9.17, 15) is 0 Å². The van der Waals surface area contributed by atoms with Crippen LogP contribution in [0, 0.1) is 11.8 Å². The molecular weight excluding hydrogens is 322 g/mol. The first-order valence-corrected chi connectivity index (χ1v) is 9.55. The number of rotatable bonds is 4. The molecule has 134 valence electrons. The standard InChI is InChI=1S/C21H25N5/c1-25(21-19-7-8-22-20(19)23-14-24-21)18-9-16-12-26(13-17(16)10-18)11-15-5-3-2-4-6-15/h2-8,14,16-18H,9-13H2,1H3,(H,22,23,24)/t16-,17+,18?. The van der Waals surface area contributed by atoms with E-state index in [0.717, 1.165) is 35.2 Å². The SMILES string of the molecule is CN(c1ncnc2[nH]ccc12)C1C[C@@H]2CN(Cc3ccccc3)C[C@@H]2C1. The van der Waals surface area contributed by atoms with Crippen LogP contribution in [0.4, 0.5) is 5.82 Å². The van der Waals surface area contributed by atoms with Crippen LogP contribution in [0.1, 0.15) is 18.4 Å². The number of hydrogen-bond donors (Lipinski definition) is 1. The van der Waals surface area contributed by atoms with Gasteiger partial charge in [-0.25, -0.2) is 9.97 Å². The fraction of sp³-hybridized carbons (Fsp3) is 0.429. The zero-order chi connectivity index (χ0) is 17.5. The third-order valence-electron chi connectivity index (χ3n) is 6.27. The molecule has 3 atom stereocenters. The van der Waals surface area contributed by atoms with E-state index >= 15 is 0 Å². The van der Waals surface area contributed by atoms with Crippen molar-refractivity contribution >= 4 is 16.9 Å². The Balaban J connectivity index is 1.26. The number of fused-ring (bicyclic) bond motifs is 2. The molecule has 26 heavy (non-hydrogen) atoms. The van der Waals surface area contributed by atoms with Crippen LogP contribution < -0.4 is 4.90 Å². The average Bonchev–Trinajstić information content (AvgIpc) is 3.35. The van der Waals surface area contributed by atoms with Crippen LogP contribution in [0.3, 0.4) is 0 Å². The Bertz CT molecular complexity index is 876. The van der Waals surface area contributed by atoms with Crippen molar-refractivity contribution in [2.24, 2.45) is 11.8 Å². The number of aromatic nitrogens is 3. The number of nitrogens with one attached hydrogen (secondary N) is 1. The lowest BCUT2D eigenvalue weighted by atomic mass is 10.0. The number of nitrogens with zero attached hydrogens (tertiary/aromatic N) is 4. The molecule has 1 saturated carbocycles. The quantitative estimate of drug-likeness (QED) is 0.787. The Kier molecular flexibility index (Phi) is 3.89. The topological polar surface area (TPSA) is 48.1 Å². The van der Waals surface area contributed by atoms with Gasteiger partial charge in [0.2, 0.25) is 0 Å². The van der Waals surface area contributed by atoms with E-state index in [-0.39, 0.29) is 0 Å². The number of anilines is 1. The number of hydrogen-bond acceptors (Lipinski definition) is 4. The minimum atomic E-state index is 0.580. The first kappa shape index (κ1) is 15.8. The molecule has 1 N–H and O–H groups in total.